The summed E-state index contributed by atoms with van der Waals surface area (Å²) >= 11 is 0. The van der Waals surface area contributed by atoms with Crippen LogP contribution in [0.25, 0.3) is 6.08 Å². The van der Waals surface area contributed by atoms with Crippen molar-refractivity contribution in [3.63, 3.8) is 0 Å². The lowest BCUT2D eigenvalue weighted by Gasteiger charge is -2.30. The van der Waals surface area contributed by atoms with E-state index in [9.17, 15) is 14.7 Å². The molecule has 7 nitrogen and oxygen atoms in total. The number of pyridine rings is 2. The van der Waals surface area contributed by atoms with Crippen LogP contribution in [0.2, 0.25) is 0 Å². The van der Waals surface area contributed by atoms with E-state index in [-0.39, 0.29) is 36.0 Å². The average Bonchev–Trinajstić information content (AvgIpc) is 3.48. The zero-order valence-electron chi connectivity index (χ0n) is 18.4. The fourth-order valence-corrected chi connectivity index (χ4v) is 5.48. The normalized spacial score (nSPS) is 26.9. The van der Waals surface area contributed by atoms with Gasteiger partial charge in [-0.05, 0) is 49.4 Å². The smallest absolute Gasteiger partial charge is 0.258 e. The fraction of sp³-hybridized carbons (Fsp3) is 0.480. The first-order valence-electron chi connectivity index (χ1n) is 11.5. The molecule has 2 fully saturated rings. The van der Waals surface area contributed by atoms with Crippen LogP contribution in [0.1, 0.15) is 42.6 Å². The largest absolute Gasteiger partial charge is 0.396 e. The number of nitrogens with zero attached hydrogens (tertiary/aromatic N) is 3. The van der Waals surface area contributed by atoms with Gasteiger partial charge in [0.1, 0.15) is 0 Å². The number of fused-ring (bicyclic) bond motifs is 3. The van der Waals surface area contributed by atoms with Gasteiger partial charge in [-0.25, -0.2) is 0 Å². The number of allylic oxidation sites excluding steroid dienone is 1. The van der Waals surface area contributed by atoms with Crippen LogP contribution in [0.15, 0.2) is 47.5 Å². The molecular weight excluding hydrogens is 404 g/mol. The highest BCUT2D eigenvalue weighted by atomic mass is 16.3. The van der Waals surface area contributed by atoms with Crippen LogP contribution in [0.3, 0.4) is 0 Å². The highest BCUT2D eigenvalue weighted by molar-refractivity contribution is 5.83. The van der Waals surface area contributed by atoms with E-state index in [2.05, 4.69) is 15.2 Å². The Kier molecular flexibility index (Phi) is 5.69. The number of hydrogen-bond donors (Lipinski definition) is 2. The third kappa shape index (κ3) is 3.69. The number of aliphatic hydroxyl groups is 1. The van der Waals surface area contributed by atoms with Gasteiger partial charge in [-0.3, -0.25) is 19.5 Å². The molecule has 32 heavy (non-hydrogen) atoms. The van der Waals surface area contributed by atoms with Crippen molar-refractivity contribution in [3.05, 3.63) is 69.9 Å². The molecule has 0 unspecified atom stereocenters. The number of carbonyl (C=O) groups is 1. The van der Waals surface area contributed by atoms with Gasteiger partial charge in [0.25, 0.3) is 5.56 Å². The second kappa shape index (κ2) is 8.64. The number of likely N-dealkylation sites (tertiary alicyclic amines) is 1. The van der Waals surface area contributed by atoms with Gasteiger partial charge >= 0.3 is 0 Å². The quantitative estimate of drug-likeness (QED) is 0.696. The zero-order valence-corrected chi connectivity index (χ0v) is 18.4. The Morgan fingerprint density at radius 3 is 2.84 bits per heavy atom. The Morgan fingerprint density at radius 2 is 2.16 bits per heavy atom. The SMILES string of the molecule is C/C=C\c1ccc2n(c1=O)C[C@H]1[C@H](CO)[C@@H](C(=O)NCC3CC3)N(Cc3cccnc3)[C@@H]21. The summed E-state index contributed by atoms with van der Waals surface area (Å²) in [5.74, 6) is 0.333. The molecule has 7 heteroatoms. The molecule has 3 aliphatic rings. The molecule has 1 amide bonds. The minimum absolute atomic E-state index is 0.00176. The van der Waals surface area contributed by atoms with E-state index in [1.807, 2.05) is 54.1 Å². The Balaban J connectivity index is 1.53. The molecular formula is C25H30N4O3. The van der Waals surface area contributed by atoms with Crippen LogP contribution in [0, 0.1) is 17.8 Å². The number of hydrogen-bond acceptors (Lipinski definition) is 5. The van der Waals surface area contributed by atoms with Crippen LogP contribution in [-0.4, -0.2) is 44.7 Å². The number of amides is 1. The van der Waals surface area contributed by atoms with Gasteiger partial charge in [-0.1, -0.05) is 18.2 Å². The van der Waals surface area contributed by atoms with Gasteiger partial charge in [0, 0.05) is 61.7 Å². The van der Waals surface area contributed by atoms with Crippen LogP contribution < -0.4 is 10.9 Å². The van der Waals surface area contributed by atoms with Crippen LogP contribution >= 0.6 is 0 Å². The molecule has 168 valence electrons. The Bertz CT molecular complexity index is 1080. The standard InChI is InChI=1S/C25H30N4O3/c1-2-4-18-8-9-21-22-19(14-28(21)25(18)32)20(15-30)23(24(31)27-12-16-6-7-16)29(22)13-17-5-3-10-26-11-17/h2-5,8-11,16,19-20,22-23,30H,6-7,12-15H2,1H3,(H,27,31)/b4-2-/t19-,20-,22+,23-/m0/s1. The zero-order chi connectivity index (χ0) is 22.2. The Labute approximate surface area is 187 Å². The van der Waals surface area contributed by atoms with Crippen molar-refractivity contribution in [2.75, 3.05) is 13.2 Å². The predicted molar refractivity (Wildman–Crippen MR) is 122 cm³/mol. The van der Waals surface area contributed by atoms with Crippen LogP contribution in [-0.2, 0) is 17.9 Å². The first-order valence-corrected chi connectivity index (χ1v) is 11.5. The van der Waals surface area contributed by atoms with Crippen molar-refractivity contribution in [1.82, 2.24) is 19.8 Å². The summed E-state index contributed by atoms with van der Waals surface area (Å²) in [6.07, 6.45) is 9.59. The maximum atomic E-state index is 13.3. The highest BCUT2D eigenvalue weighted by Gasteiger charge is 2.55. The molecule has 2 aromatic rings. The van der Waals surface area contributed by atoms with Crippen molar-refractivity contribution >= 4 is 12.0 Å². The molecule has 0 spiro atoms. The van der Waals surface area contributed by atoms with Gasteiger partial charge in [-0.15, -0.1) is 0 Å². The summed E-state index contributed by atoms with van der Waals surface area (Å²) in [5.41, 5.74) is 2.58. The van der Waals surface area contributed by atoms with Gasteiger partial charge in [-0.2, -0.15) is 0 Å². The number of rotatable bonds is 7. The van der Waals surface area contributed by atoms with E-state index in [0.29, 0.717) is 31.1 Å². The van der Waals surface area contributed by atoms with E-state index in [0.717, 1.165) is 11.3 Å². The van der Waals surface area contributed by atoms with Gasteiger partial charge in [0.2, 0.25) is 5.91 Å². The molecule has 0 radical (unpaired) electrons. The number of aromatic nitrogens is 2. The van der Waals surface area contributed by atoms with Crippen molar-refractivity contribution in [1.29, 1.82) is 0 Å². The average molecular weight is 435 g/mol. The Hall–Kier alpha value is -2.77. The lowest BCUT2D eigenvalue weighted by atomic mass is 9.88. The third-order valence-electron chi connectivity index (χ3n) is 7.19. The summed E-state index contributed by atoms with van der Waals surface area (Å²) in [4.78, 5) is 32.8. The minimum Gasteiger partial charge on any atom is -0.396 e. The second-order valence-corrected chi connectivity index (χ2v) is 9.25. The molecule has 1 saturated heterocycles. The summed E-state index contributed by atoms with van der Waals surface area (Å²) in [6.45, 7) is 3.57. The number of carbonyl (C=O) groups excluding carboxylic acids is 1. The van der Waals surface area contributed by atoms with E-state index in [1.54, 1.807) is 6.20 Å². The minimum atomic E-state index is -0.437. The molecule has 0 bridgehead atoms. The third-order valence-corrected chi connectivity index (χ3v) is 7.19. The lowest BCUT2D eigenvalue weighted by molar-refractivity contribution is -0.128. The van der Waals surface area contributed by atoms with Gasteiger partial charge < -0.3 is 15.0 Å². The number of nitrogens with one attached hydrogen (secondary N) is 1. The monoisotopic (exact) mass is 434 g/mol. The molecule has 2 aromatic heterocycles. The second-order valence-electron chi connectivity index (χ2n) is 9.25. The van der Waals surface area contributed by atoms with Crippen LogP contribution in [0.4, 0.5) is 0 Å². The Morgan fingerprint density at radius 1 is 1.31 bits per heavy atom. The molecule has 0 aromatic carbocycles. The van der Waals surface area contributed by atoms with E-state index in [1.165, 1.54) is 12.8 Å². The van der Waals surface area contributed by atoms with Crippen molar-refractivity contribution in [2.24, 2.45) is 17.8 Å². The maximum Gasteiger partial charge on any atom is 0.258 e. The topological polar surface area (TPSA) is 87.5 Å². The summed E-state index contributed by atoms with van der Waals surface area (Å²) in [6, 6.07) is 7.24. The van der Waals surface area contributed by atoms with Gasteiger partial charge in [0.15, 0.2) is 0 Å². The summed E-state index contributed by atoms with van der Waals surface area (Å²) < 4.78 is 1.84. The van der Waals surface area contributed by atoms with E-state index in [4.69, 9.17) is 0 Å². The summed E-state index contributed by atoms with van der Waals surface area (Å²) in [7, 11) is 0. The molecule has 4 heterocycles. The van der Waals surface area contributed by atoms with Crippen molar-refractivity contribution < 1.29 is 9.90 Å². The summed E-state index contributed by atoms with van der Waals surface area (Å²) in [5, 5.41) is 13.5. The molecule has 1 aliphatic carbocycles. The first kappa shape index (κ1) is 21.1. The molecule has 4 atom stereocenters. The molecule has 2 aliphatic heterocycles. The molecule has 2 N–H and O–H groups in total. The number of aliphatic hydroxyl groups excluding tert-OH is 1. The van der Waals surface area contributed by atoms with Gasteiger partial charge in [0.05, 0.1) is 12.1 Å². The van der Waals surface area contributed by atoms with E-state index < -0.39 is 6.04 Å². The molecule has 5 rings (SSSR count). The van der Waals surface area contributed by atoms with E-state index >= 15 is 0 Å². The first-order chi connectivity index (χ1) is 15.6. The van der Waals surface area contributed by atoms with Crippen molar-refractivity contribution in [3.8, 4) is 0 Å². The van der Waals surface area contributed by atoms with Crippen molar-refractivity contribution in [2.45, 2.75) is 44.9 Å². The fourth-order valence-electron chi connectivity index (χ4n) is 5.48. The predicted octanol–water partition coefficient (Wildman–Crippen LogP) is 1.97. The lowest BCUT2D eigenvalue weighted by Crippen LogP contribution is -2.48. The maximum absolute atomic E-state index is 13.3. The van der Waals surface area contributed by atoms with Crippen LogP contribution in [0.5, 0.6) is 0 Å². The highest BCUT2D eigenvalue weighted by Crippen LogP contribution is 2.49. The molecule has 1 saturated carbocycles.